The fourth-order valence-corrected chi connectivity index (χ4v) is 2.04. The molecule has 0 spiro atoms. The maximum absolute atomic E-state index is 9.80. The summed E-state index contributed by atoms with van der Waals surface area (Å²) in [7, 11) is 1.61. The lowest BCUT2D eigenvalue weighted by Crippen LogP contribution is -2.02. The lowest BCUT2D eigenvalue weighted by molar-refractivity contribution is 0.190. The normalized spacial score (nSPS) is 12.0. The van der Waals surface area contributed by atoms with E-state index in [1.54, 1.807) is 20.1 Å². The van der Waals surface area contributed by atoms with Gasteiger partial charge in [0.1, 0.15) is 18.1 Å². The maximum Gasteiger partial charge on any atom is 0.129 e. The van der Waals surface area contributed by atoms with Crippen LogP contribution in [0.1, 0.15) is 29.7 Å². The molecule has 1 N–H and O–H groups in total. The third-order valence-corrected chi connectivity index (χ3v) is 3.32. The van der Waals surface area contributed by atoms with Crippen molar-refractivity contribution in [3.05, 3.63) is 59.2 Å². The highest BCUT2D eigenvalue weighted by Gasteiger charge is 2.11. The average Bonchev–Trinajstić information content (AvgIpc) is 2.46. The standard InChI is InChI=1S/C17H20O3/c1-12-6-4-5-7-14(12)11-20-17-10-15(19-3)8-9-16(17)13(2)18/h4-10,13,18H,11H2,1-3H3. The Hall–Kier alpha value is -2.00. The van der Waals surface area contributed by atoms with Crippen LogP contribution in [0.15, 0.2) is 42.5 Å². The van der Waals surface area contributed by atoms with Crippen LogP contribution in [-0.4, -0.2) is 12.2 Å². The highest BCUT2D eigenvalue weighted by atomic mass is 16.5. The summed E-state index contributed by atoms with van der Waals surface area (Å²) in [4.78, 5) is 0. The molecule has 2 rings (SSSR count). The first-order valence-corrected chi connectivity index (χ1v) is 6.65. The molecule has 0 aliphatic rings. The minimum atomic E-state index is -0.576. The number of aliphatic hydroxyl groups is 1. The molecule has 0 amide bonds. The van der Waals surface area contributed by atoms with E-state index in [0.717, 1.165) is 11.1 Å². The lowest BCUT2D eigenvalue weighted by Gasteiger charge is -2.15. The van der Waals surface area contributed by atoms with E-state index in [2.05, 4.69) is 13.0 Å². The Morgan fingerprint density at radius 2 is 1.90 bits per heavy atom. The van der Waals surface area contributed by atoms with Crippen molar-refractivity contribution in [2.24, 2.45) is 0 Å². The van der Waals surface area contributed by atoms with Gasteiger partial charge < -0.3 is 14.6 Å². The third-order valence-electron chi connectivity index (χ3n) is 3.32. The van der Waals surface area contributed by atoms with Gasteiger partial charge in [-0.25, -0.2) is 0 Å². The molecule has 0 heterocycles. The minimum Gasteiger partial charge on any atom is -0.497 e. The van der Waals surface area contributed by atoms with Crippen molar-refractivity contribution >= 4 is 0 Å². The van der Waals surface area contributed by atoms with Gasteiger partial charge in [0, 0.05) is 11.6 Å². The van der Waals surface area contributed by atoms with Crippen molar-refractivity contribution < 1.29 is 14.6 Å². The van der Waals surface area contributed by atoms with Crippen LogP contribution in [-0.2, 0) is 6.61 Å². The van der Waals surface area contributed by atoms with Gasteiger partial charge in [-0.1, -0.05) is 24.3 Å². The Labute approximate surface area is 119 Å². The van der Waals surface area contributed by atoms with Crippen molar-refractivity contribution in [2.75, 3.05) is 7.11 Å². The molecule has 0 aliphatic heterocycles. The van der Waals surface area contributed by atoms with Crippen LogP contribution >= 0.6 is 0 Å². The first-order valence-electron chi connectivity index (χ1n) is 6.65. The zero-order valence-electron chi connectivity index (χ0n) is 12.1. The molecule has 1 unspecified atom stereocenters. The van der Waals surface area contributed by atoms with Gasteiger partial charge in [0.05, 0.1) is 13.2 Å². The smallest absolute Gasteiger partial charge is 0.129 e. The first kappa shape index (κ1) is 14.4. The predicted octanol–water partition coefficient (Wildman–Crippen LogP) is 3.64. The van der Waals surface area contributed by atoms with Crippen molar-refractivity contribution in [3.8, 4) is 11.5 Å². The van der Waals surface area contributed by atoms with Crippen LogP contribution < -0.4 is 9.47 Å². The summed E-state index contributed by atoms with van der Waals surface area (Å²) >= 11 is 0. The number of methoxy groups -OCH3 is 1. The molecule has 3 nitrogen and oxygen atoms in total. The van der Waals surface area contributed by atoms with E-state index in [0.29, 0.717) is 18.1 Å². The number of aliphatic hydroxyl groups excluding tert-OH is 1. The molecule has 106 valence electrons. The molecular formula is C17H20O3. The molecule has 20 heavy (non-hydrogen) atoms. The van der Waals surface area contributed by atoms with Crippen molar-refractivity contribution in [2.45, 2.75) is 26.6 Å². The zero-order chi connectivity index (χ0) is 14.5. The second kappa shape index (κ2) is 6.44. The van der Waals surface area contributed by atoms with E-state index in [4.69, 9.17) is 9.47 Å². The second-order valence-corrected chi connectivity index (χ2v) is 4.79. The Morgan fingerprint density at radius 3 is 2.55 bits per heavy atom. The molecule has 0 saturated heterocycles. The SMILES string of the molecule is COc1ccc(C(C)O)c(OCc2ccccc2C)c1. The summed E-state index contributed by atoms with van der Waals surface area (Å²) in [6, 6.07) is 13.6. The summed E-state index contributed by atoms with van der Waals surface area (Å²) < 4.78 is 11.1. The van der Waals surface area contributed by atoms with Gasteiger partial charge in [0.15, 0.2) is 0 Å². The summed E-state index contributed by atoms with van der Waals surface area (Å²) in [6.07, 6.45) is -0.576. The van der Waals surface area contributed by atoms with Gasteiger partial charge in [-0.05, 0) is 37.1 Å². The molecule has 3 heteroatoms. The molecule has 0 aromatic heterocycles. The van der Waals surface area contributed by atoms with Crippen LogP contribution in [0.5, 0.6) is 11.5 Å². The predicted molar refractivity (Wildman–Crippen MR) is 79.1 cm³/mol. The van der Waals surface area contributed by atoms with E-state index in [1.165, 1.54) is 5.56 Å². The van der Waals surface area contributed by atoms with E-state index in [1.807, 2.05) is 30.3 Å². The van der Waals surface area contributed by atoms with Crippen molar-refractivity contribution in [1.29, 1.82) is 0 Å². The Balaban J connectivity index is 2.21. The Kier molecular flexibility index (Phi) is 4.64. The monoisotopic (exact) mass is 272 g/mol. The Bertz CT molecular complexity index is 576. The van der Waals surface area contributed by atoms with E-state index in [9.17, 15) is 5.11 Å². The average molecular weight is 272 g/mol. The zero-order valence-corrected chi connectivity index (χ0v) is 12.1. The molecule has 1 atom stereocenters. The van der Waals surface area contributed by atoms with Gasteiger partial charge in [-0.2, -0.15) is 0 Å². The van der Waals surface area contributed by atoms with Gasteiger partial charge in [-0.15, -0.1) is 0 Å². The Morgan fingerprint density at radius 1 is 1.15 bits per heavy atom. The molecule has 2 aromatic rings. The van der Waals surface area contributed by atoms with Gasteiger partial charge >= 0.3 is 0 Å². The van der Waals surface area contributed by atoms with Crippen LogP contribution in [0.25, 0.3) is 0 Å². The molecule has 2 aromatic carbocycles. The number of benzene rings is 2. The molecule has 0 bridgehead atoms. The third kappa shape index (κ3) is 3.31. The van der Waals surface area contributed by atoms with Gasteiger partial charge in [-0.3, -0.25) is 0 Å². The van der Waals surface area contributed by atoms with E-state index >= 15 is 0 Å². The number of aryl methyl sites for hydroxylation is 1. The van der Waals surface area contributed by atoms with E-state index in [-0.39, 0.29) is 0 Å². The number of hydrogen-bond acceptors (Lipinski definition) is 3. The second-order valence-electron chi connectivity index (χ2n) is 4.79. The van der Waals surface area contributed by atoms with Crippen molar-refractivity contribution in [3.63, 3.8) is 0 Å². The van der Waals surface area contributed by atoms with Gasteiger partial charge in [0.25, 0.3) is 0 Å². The highest BCUT2D eigenvalue weighted by Crippen LogP contribution is 2.30. The number of ether oxygens (including phenoxy) is 2. The summed E-state index contributed by atoms with van der Waals surface area (Å²) in [5.41, 5.74) is 3.08. The summed E-state index contributed by atoms with van der Waals surface area (Å²) in [5, 5.41) is 9.80. The largest absolute Gasteiger partial charge is 0.497 e. The summed E-state index contributed by atoms with van der Waals surface area (Å²) in [5.74, 6) is 1.37. The van der Waals surface area contributed by atoms with Crippen molar-refractivity contribution in [1.82, 2.24) is 0 Å². The van der Waals surface area contributed by atoms with Crippen LogP contribution in [0.3, 0.4) is 0 Å². The molecule has 0 fully saturated rings. The van der Waals surface area contributed by atoms with Crippen LogP contribution in [0.2, 0.25) is 0 Å². The van der Waals surface area contributed by atoms with Gasteiger partial charge in [0.2, 0.25) is 0 Å². The topological polar surface area (TPSA) is 38.7 Å². The fourth-order valence-electron chi connectivity index (χ4n) is 2.04. The lowest BCUT2D eigenvalue weighted by atomic mass is 10.1. The molecular weight excluding hydrogens is 252 g/mol. The number of rotatable bonds is 5. The van der Waals surface area contributed by atoms with E-state index < -0.39 is 6.10 Å². The first-order chi connectivity index (χ1) is 9.61. The highest BCUT2D eigenvalue weighted by molar-refractivity contribution is 5.42. The minimum absolute atomic E-state index is 0.472. The van der Waals surface area contributed by atoms with Crippen LogP contribution in [0.4, 0.5) is 0 Å². The molecule has 0 aliphatic carbocycles. The van der Waals surface area contributed by atoms with Crippen LogP contribution in [0, 0.1) is 6.92 Å². The molecule has 0 radical (unpaired) electrons. The summed E-state index contributed by atoms with van der Waals surface area (Å²) in [6.45, 7) is 4.25. The maximum atomic E-state index is 9.80. The molecule has 0 saturated carbocycles. The number of hydrogen-bond donors (Lipinski definition) is 1. The fraction of sp³-hybridized carbons (Fsp3) is 0.294. The quantitative estimate of drug-likeness (QED) is 0.903.